The Labute approximate surface area is 104 Å². The summed E-state index contributed by atoms with van der Waals surface area (Å²) in [6.45, 7) is 9.38. The Morgan fingerprint density at radius 3 is 2.35 bits per heavy atom. The minimum atomic E-state index is -0.599. The van der Waals surface area contributed by atoms with Crippen molar-refractivity contribution < 1.29 is 14.3 Å². The monoisotopic (exact) mass is 244 g/mol. The first kappa shape index (κ1) is 14.3. The maximum Gasteiger partial charge on any atom is 0.412 e. The van der Waals surface area contributed by atoms with Crippen LogP contribution in [0.2, 0.25) is 0 Å². The first-order chi connectivity index (χ1) is 7.67. The van der Waals surface area contributed by atoms with Crippen molar-refractivity contribution >= 4 is 6.09 Å². The molecule has 0 aliphatic carbocycles. The molecule has 0 saturated carbocycles. The quantitative estimate of drug-likeness (QED) is 0.755. The van der Waals surface area contributed by atoms with Gasteiger partial charge in [-0.05, 0) is 41.8 Å². The van der Waals surface area contributed by atoms with Gasteiger partial charge in [0, 0.05) is 6.54 Å². The average molecular weight is 244 g/mol. The molecule has 0 atom stereocenters. The van der Waals surface area contributed by atoms with Crippen molar-refractivity contribution in [2.24, 2.45) is 0 Å². The summed E-state index contributed by atoms with van der Waals surface area (Å²) in [5.41, 5.74) is -0.919. The van der Waals surface area contributed by atoms with Gasteiger partial charge in [0.15, 0.2) is 0 Å². The minimum Gasteiger partial charge on any atom is -0.448 e. The second-order valence-electron chi connectivity index (χ2n) is 5.80. The molecule has 17 heavy (non-hydrogen) atoms. The van der Waals surface area contributed by atoms with Gasteiger partial charge >= 0.3 is 6.09 Å². The third-order valence-corrected chi connectivity index (χ3v) is 2.87. The number of carbonyl (C=O) groups is 1. The van der Waals surface area contributed by atoms with Crippen molar-refractivity contribution in [1.82, 2.24) is 9.80 Å². The van der Waals surface area contributed by atoms with Gasteiger partial charge in [0.1, 0.15) is 12.3 Å². The van der Waals surface area contributed by atoms with Crippen LogP contribution in [0, 0.1) is 0 Å². The molecule has 0 aromatic heterocycles. The predicted octanol–water partition coefficient (Wildman–Crippen LogP) is 1.53. The highest BCUT2D eigenvalue weighted by atomic mass is 16.6. The van der Waals surface area contributed by atoms with Crippen molar-refractivity contribution in [2.75, 3.05) is 33.9 Å². The van der Waals surface area contributed by atoms with Gasteiger partial charge < -0.3 is 14.4 Å². The fourth-order valence-corrected chi connectivity index (χ4v) is 2.06. The van der Waals surface area contributed by atoms with E-state index >= 15 is 0 Å². The molecule has 1 saturated heterocycles. The lowest BCUT2D eigenvalue weighted by Gasteiger charge is -2.36. The van der Waals surface area contributed by atoms with Crippen LogP contribution in [0.3, 0.4) is 0 Å². The lowest BCUT2D eigenvalue weighted by molar-refractivity contribution is -0.0521. The molecule has 100 valence electrons. The van der Waals surface area contributed by atoms with E-state index in [4.69, 9.17) is 9.47 Å². The standard InChI is InChI=1S/C12H24N2O3/c1-11(2)9-17-12(3,4)14(11)10(15)16-8-7-13(5)6/h7-9H2,1-6H3. The highest BCUT2D eigenvalue weighted by Gasteiger charge is 2.49. The first-order valence-electron chi connectivity index (χ1n) is 5.92. The first-order valence-corrected chi connectivity index (χ1v) is 5.92. The molecular formula is C12H24N2O3. The lowest BCUT2D eigenvalue weighted by atomic mass is 10.0. The number of hydrogen-bond donors (Lipinski definition) is 0. The third-order valence-electron chi connectivity index (χ3n) is 2.87. The van der Waals surface area contributed by atoms with Crippen molar-refractivity contribution in [3.05, 3.63) is 0 Å². The molecule has 0 aromatic rings. The summed E-state index contributed by atoms with van der Waals surface area (Å²) < 4.78 is 10.9. The van der Waals surface area contributed by atoms with Crippen molar-refractivity contribution in [1.29, 1.82) is 0 Å². The number of ether oxygens (including phenoxy) is 2. The second-order valence-corrected chi connectivity index (χ2v) is 5.80. The zero-order valence-electron chi connectivity index (χ0n) is 11.7. The Morgan fingerprint density at radius 2 is 1.94 bits per heavy atom. The van der Waals surface area contributed by atoms with E-state index in [1.165, 1.54) is 0 Å². The molecule has 0 spiro atoms. The summed E-state index contributed by atoms with van der Waals surface area (Å²) in [5.74, 6) is 0. The number of amides is 1. The van der Waals surface area contributed by atoms with Crippen LogP contribution in [-0.4, -0.2) is 61.0 Å². The number of rotatable bonds is 3. The highest BCUT2D eigenvalue weighted by molar-refractivity contribution is 5.69. The van der Waals surface area contributed by atoms with Crippen LogP contribution in [0.15, 0.2) is 0 Å². The van der Waals surface area contributed by atoms with E-state index in [1.54, 1.807) is 4.90 Å². The van der Waals surface area contributed by atoms with Crippen molar-refractivity contribution in [3.63, 3.8) is 0 Å². The van der Waals surface area contributed by atoms with E-state index in [-0.39, 0.29) is 11.6 Å². The Morgan fingerprint density at radius 1 is 1.35 bits per heavy atom. The summed E-state index contributed by atoms with van der Waals surface area (Å²) in [7, 11) is 3.89. The lowest BCUT2D eigenvalue weighted by Crippen LogP contribution is -2.53. The molecular weight excluding hydrogens is 220 g/mol. The average Bonchev–Trinajstić information content (AvgIpc) is 2.35. The molecule has 1 aliphatic heterocycles. The van der Waals surface area contributed by atoms with Gasteiger partial charge in [-0.15, -0.1) is 0 Å². The van der Waals surface area contributed by atoms with Gasteiger partial charge in [-0.3, -0.25) is 4.90 Å². The van der Waals surface area contributed by atoms with Crippen LogP contribution in [0.25, 0.3) is 0 Å². The van der Waals surface area contributed by atoms with Crippen LogP contribution < -0.4 is 0 Å². The van der Waals surface area contributed by atoms with E-state index < -0.39 is 5.72 Å². The van der Waals surface area contributed by atoms with Crippen LogP contribution in [0.5, 0.6) is 0 Å². The molecule has 1 rings (SSSR count). The largest absolute Gasteiger partial charge is 0.448 e. The summed E-state index contributed by atoms with van der Waals surface area (Å²) >= 11 is 0. The predicted molar refractivity (Wildman–Crippen MR) is 65.9 cm³/mol. The maximum absolute atomic E-state index is 12.1. The smallest absolute Gasteiger partial charge is 0.412 e. The summed E-state index contributed by atoms with van der Waals surface area (Å²) in [6, 6.07) is 0. The Kier molecular flexibility index (Phi) is 4.04. The maximum atomic E-state index is 12.1. The molecule has 0 aromatic carbocycles. The number of likely N-dealkylation sites (N-methyl/N-ethyl adjacent to an activating group) is 1. The second kappa shape index (κ2) is 4.82. The molecule has 0 bridgehead atoms. The van der Waals surface area contributed by atoms with Gasteiger partial charge in [-0.1, -0.05) is 0 Å². The van der Waals surface area contributed by atoms with E-state index in [0.717, 1.165) is 6.54 Å². The third kappa shape index (κ3) is 3.33. The van der Waals surface area contributed by atoms with Crippen LogP contribution in [0.4, 0.5) is 4.79 Å². The molecule has 0 N–H and O–H groups in total. The number of nitrogens with zero attached hydrogens (tertiary/aromatic N) is 2. The van der Waals surface area contributed by atoms with Gasteiger partial charge in [-0.2, -0.15) is 0 Å². The molecule has 1 fully saturated rings. The topological polar surface area (TPSA) is 42.0 Å². The molecule has 0 unspecified atom stereocenters. The normalized spacial score (nSPS) is 21.9. The Bertz CT molecular complexity index is 271. The fourth-order valence-electron chi connectivity index (χ4n) is 2.06. The Balaban J connectivity index is 2.60. The molecule has 0 radical (unpaired) electrons. The van der Waals surface area contributed by atoms with Gasteiger partial charge in [-0.25, -0.2) is 4.79 Å². The van der Waals surface area contributed by atoms with Gasteiger partial charge in [0.2, 0.25) is 0 Å². The zero-order chi connectivity index (χ0) is 13.3. The minimum absolute atomic E-state index is 0.306. The van der Waals surface area contributed by atoms with E-state index in [0.29, 0.717) is 13.2 Å². The van der Waals surface area contributed by atoms with Crippen molar-refractivity contribution in [3.8, 4) is 0 Å². The number of carbonyl (C=O) groups excluding carboxylic acids is 1. The molecule has 1 amide bonds. The fraction of sp³-hybridized carbons (Fsp3) is 0.917. The summed E-state index contributed by atoms with van der Waals surface area (Å²) in [5, 5.41) is 0. The molecule has 5 heteroatoms. The molecule has 1 aliphatic rings. The van der Waals surface area contributed by atoms with Gasteiger partial charge in [0.25, 0.3) is 0 Å². The number of hydrogen-bond acceptors (Lipinski definition) is 4. The summed E-state index contributed by atoms with van der Waals surface area (Å²) in [4.78, 5) is 15.7. The Hall–Kier alpha value is -0.810. The van der Waals surface area contributed by atoms with E-state index in [9.17, 15) is 4.79 Å². The SMILES string of the molecule is CN(C)CCOC(=O)N1C(C)(C)COC1(C)C. The highest BCUT2D eigenvalue weighted by Crippen LogP contribution is 2.34. The van der Waals surface area contributed by atoms with Gasteiger partial charge in [0.05, 0.1) is 12.1 Å². The zero-order valence-corrected chi connectivity index (χ0v) is 11.7. The summed E-state index contributed by atoms with van der Waals surface area (Å²) in [6.07, 6.45) is -0.306. The van der Waals surface area contributed by atoms with Crippen LogP contribution in [-0.2, 0) is 9.47 Å². The van der Waals surface area contributed by atoms with Crippen LogP contribution in [0.1, 0.15) is 27.7 Å². The van der Waals surface area contributed by atoms with E-state index in [1.807, 2.05) is 46.7 Å². The van der Waals surface area contributed by atoms with E-state index in [2.05, 4.69) is 0 Å². The molecule has 1 heterocycles. The van der Waals surface area contributed by atoms with Crippen molar-refractivity contribution in [2.45, 2.75) is 39.0 Å². The molecule has 5 nitrogen and oxygen atoms in total. The van der Waals surface area contributed by atoms with Crippen LogP contribution >= 0.6 is 0 Å².